The molecule has 1 heterocycles. The number of aryl methyl sites for hydroxylation is 1. The summed E-state index contributed by atoms with van der Waals surface area (Å²) < 4.78 is 0. The Morgan fingerprint density at radius 1 is 1.04 bits per heavy atom. The van der Waals surface area contributed by atoms with Crippen LogP contribution in [0, 0.1) is 6.92 Å². The predicted molar refractivity (Wildman–Crippen MR) is 107 cm³/mol. The van der Waals surface area contributed by atoms with Gasteiger partial charge in [-0.05, 0) is 41.8 Å². The number of hydrogen-bond acceptors (Lipinski definition) is 2. The number of nitrogen functional groups attached to an aromatic ring is 1. The molecule has 0 atom stereocenters. The van der Waals surface area contributed by atoms with Crippen LogP contribution in [0.3, 0.4) is 0 Å². The summed E-state index contributed by atoms with van der Waals surface area (Å²) in [6, 6.07) is 18.1. The second-order valence-corrected chi connectivity index (χ2v) is 6.53. The topological polar surface area (TPSA) is 69.3 Å². The molecule has 4 aromatic rings. The molecule has 0 saturated carbocycles. The maximum absolute atomic E-state index is 11.8. The van der Waals surface area contributed by atoms with Crippen molar-refractivity contribution >= 4 is 39.0 Å². The first-order chi connectivity index (χ1) is 12.5. The van der Waals surface area contributed by atoms with Gasteiger partial charge in [-0.1, -0.05) is 30.3 Å². The number of aromatic nitrogens is 1. The van der Waals surface area contributed by atoms with Gasteiger partial charge in [-0.25, -0.2) is 4.98 Å². The monoisotopic (exact) mass is 377 g/mol. The summed E-state index contributed by atoms with van der Waals surface area (Å²) in [6.45, 7) is 3.64. The number of amides is 1. The normalized spacial score (nSPS) is 10.6. The van der Waals surface area contributed by atoms with Gasteiger partial charge in [0.15, 0.2) is 6.20 Å². The van der Waals surface area contributed by atoms with E-state index in [4.69, 9.17) is 5.73 Å². The van der Waals surface area contributed by atoms with Crippen molar-refractivity contribution in [2.45, 2.75) is 13.8 Å². The number of aromatic amines is 1. The molecule has 4 nitrogen and oxygen atoms in total. The fraction of sp³-hybridized carbons (Fsp3) is 0.0909. The van der Waals surface area contributed by atoms with Crippen molar-refractivity contribution in [1.82, 2.24) is 0 Å². The van der Waals surface area contributed by atoms with Crippen LogP contribution in [-0.2, 0) is 4.79 Å². The van der Waals surface area contributed by atoms with Gasteiger partial charge in [-0.15, -0.1) is 0 Å². The minimum atomic E-state index is -0.0955. The molecule has 0 aliphatic heterocycles. The minimum Gasteiger partial charge on any atom is -1.00 e. The number of benzene rings is 3. The molecule has 0 unspecified atom stereocenters. The van der Waals surface area contributed by atoms with Gasteiger partial charge in [-0.2, -0.15) is 0 Å². The fourth-order valence-corrected chi connectivity index (χ4v) is 3.55. The van der Waals surface area contributed by atoms with Gasteiger partial charge < -0.3 is 23.5 Å². The number of anilines is 2. The smallest absolute Gasteiger partial charge is 0.221 e. The lowest BCUT2D eigenvalue weighted by atomic mass is 9.92. The van der Waals surface area contributed by atoms with Crippen LogP contribution in [0.5, 0.6) is 0 Å². The lowest BCUT2D eigenvalue weighted by Gasteiger charge is -2.15. The van der Waals surface area contributed by atoms with Crippen LogP contribution in [0.1, 0.15) is 12.5 Å². The van der Waals surface area contributed by atoms with Crippen molar-refractivity contribution in [3.63, 3.8) is 0 Å². The zero-order valence-corrected chi connectivity index (χ0v) is 15.9. The van der Waals surface area contributed by atoms with Crippen LogP contribution >= 0.6 is 0 Å². The summed E-state index contributed by atoms with van der Waals surface area (Å²) in [6.07, 6.45) is 1.95. The van der Waals surface area contributed by atoms with E-state index >= 15 is 0 Å². The summed E-state index contributed by atoms with van der Waals surface area (Å²) in [5.74, 6) is -0.0955. The highest BCUT2D eigenvalue weighted by Gasteiger charge is 2.17. The molecule has 0 bridgehead atoms. The fourth-order valence-electron chi connectivity index (χ4n) is 3.55. The Labute approximate surface area is 163 Å². The first-order valence-corrected chi connectivity index (χ1v) is 8.55. The average molecular weight is 378 g/mol. The molecule has 0 fully saturated rings. The molecule has 0 radical (unpaired) electrons. The van der Waals surface area contributed by atoms with E-state index in [1.807, 2.05) is 48.7 Å². The van der Waals surface area contributed by atoms with E-state index in [0.29, 0.717) is 5.69 Å². The third-order valence-corrected chi connectivity index (χ3v) is 4.71. The molecule has 3 aromatic carbocycles. The molecule has 4 rings (SSSR count). The molecule has 136 valence electrons. The Morgan fingerprint density at radius 2 is 1.78 bits per heavy atom. The second kappa shape index (κ2) is 7.25. The highest BCUT2D eigenvalue weighted by Crippen LogP contribution is 2.37. The number of halogens is 1. The first-order valence-electron chi connectivity index (χ1n) is 8.55. The summed E-state index contributed by atoms with van der Waals surface area (Å²) >= 11 is 0. The zero-order valence-electron chi connectivity index (χ0n) is 15.1. The molecule has 5 heteroatoms. The Morgan fingerprint density at radius 3 is 2.48 bits per heavy atom. The van der Waals surface area contributed by atoms with Crippen LogP contribution in [0.2, 0.25) is 0 Å². The number of carbonyl (C=O) groups excluding carboxylic acids is 1. The van der Waals surface area contributed by atoms with Crippen molar-refractivity contribution in [3.8, 4) is 11.1 Å². The zero-order chi connectivity index (χ0) is 18.3. The van der Waals surface area contributed by atoms with E-state index < -0.39 is 0 Å². The molecule has 0 spiro atoms. The predicted octanol–water partition coefficient (Wildman–Crippen LogP) is 1.33. The summed E-state index contributed by atoms with van der Waals surface area (Å²) in [5, 5.41) is 6.08. The maximum Gasteiger partial charge on any atom is 0.221 e. The highest BCUT2D eigenvalue weighted by atomic mass is 35.5. The number of H-pyrrole nitrogens is 1. The molecule has 1 amide bonds. The number of fused-ring (bicyclic) bond motifs is 3. The van der Waals surface area contributed by atoms with Gasteiger partial charge in [0, 0.05) is 24.1 Å². The molecular formula is C22H20ClN3O. The van der Waals surface area contributed by atoms with Crippen molar-refractivity contribution < 1.29 is 22.2 Å². The SMILES string of the molecule is CC(=O)Nc1cc(-c2ccccc2)c(C)c2c1c[nH+]c1ccc(N)cc12.[Cl-]. The number of carbonyl (C=O) groups is 1. The maximum atomic E-state index is 11.8. The summed E-state index contributed by atoms with van der Waals surface area (Å²) in [4.78, 5) is 15.1. The van der Waals surface area contributed by atoms with Gasteiger partial charge in [0.2, 0.25) is 11.4 Å². The van der Waals surface area contributed by atoms with Crippen LogP contribution in [0.15, 0.2) is 60.8 Å². The Kier molecular flexibility index (Phi) is 5.02. The van der Waals surface area contributed by atoms with E-state index in [2.05, 4.69) is 29.4 Å². The van der Waals surface area contributed by atoms with Crippen molar-refractivity contribution in [3.05, 3.63) is 66.4 Å². The van der Waals surface area contributed by atoms with Gasteiger partial charge in [0.25, 0.3) is 0 Å². The molecule has 0 aliphatic carbocycles. The van der Waals surface area contributed by atoms with E-state index in [1.165, 1.54) is 6.92 Å². The van der Waals surface area contributed by atoms with Gasteiger partial charge in [0.05, 0.1) is 16.5 Å². The molecule has 0 saturated heterocycles. The van der Waals surface area contributed by atoms with Crippen molar-refractivity contribution in [2.24, 2.45) is 0 Å². The molecular weight excluding hydrogens is 358 g/mol. The van der Waals surface area contributed by atoms with E-state index in [0.717, 1.165) is 44.1 Å². The average Bonchev–Trinajstić information content (AvgIpc) is 2.63. The standard InChI is InChI=1S/C22H19N3O.ClH/c1-13-17(15-6-4-3-5-7-15)11-21(25-14(2)26)19-12-24-20-9-8-16(23)10-18(20)22(13)19;/h3-12H,23H2,1-2H3,(H,25,26);1H. The Hall–Kier alpha value is -3.11. The van der Waals surface area contributed by atoms with Crippen LogP contribution in [0.4, 0.5) is 11.4 Å². The van der Waals surface area contributed by atoms with Crippen molar-refractivity contribution in [1.29, 1.82) is 0 Å². The van der Waals surface area contributed by atoms with Crippen LogP contribution < -0.4 is 28.4 Å². The highest BCUT2D eigenvalue weighted by molar-refractivity contribution is 6.14. The Bertz CT molecular complexity index is 1160. The summed E-state index contributed by atoms with van der Waals surface area (Å²) in [5.41, 5.74) is 11.9. The summed E-state index contributed by atoms with van der Waals surface area (Å²) in [7, 11) is 0. The van der Waals surface area contributed by atoms with Gasteiger partial charge in [-0.3, -0.25) is 4.79 Å². The van der Waals surface area contributed by atoms with E-state index in [-0.39, 0.29) is 18.3 Å². The molecule has 4 N–H and O–H groups in total. The number of nitrogens with one attached hydrogen (secondary N) is 2. The third kappa shape index (κ3) is 3.32. The minimum absolute atomic E-state index is 0. The second-order valence-electron chi connectivity index (χ2n) is 6.53. The van der Waals surface area contributed by atoms with Crippen LogP contribution in [-0.4, -0.2) is 5.91 Å². The molecule has 1 aromatic heterocycles. The number of pyridine rings is 1. The quantitative estimate of drug-likeness (QED) is 0.408. The molecule has 27 heavy (non-hydrogen) atoms. The van der Waals surface area contributed by atoms with Gasteiger partial charge in [0.1, 0.15) is 0 Å². The van der Waals surface area contributed by atoms with Crippen molar-refractivity contribution in [2.75, 3.05) is 11.1 Å². The Balaban J connectivity index is 0.00000210. The third-order valence-electron chi connectivity index (χ3n) is 4.71. The number of nitrogens with two attached hydrogens (primary N) is 1. The number of hydrogen-bond donors (Lipinski definition) is 2. The number of rotatable bonds is 2. The lowest BCUT2D eigenvalue weighted by molar-refractivity contribution is -0.342. The lowest BCUT2D eigenvalue weighted by Crippen LogP contribution is -3.00. The molecule has 0 aliphatic rings. The van der Waals surface area contributed by atoms with E-state index in [1.54, 1.807) is 0 Å². The largest absolute Gasteiger partial charge is 1.00 e. The van der Waals surface area contributed by atoms with E-state index in [9.17, 15) is 4.79 Å². The van der Waals surface area contributed by atoms with Gasteiger partial charge >= 0.3 is 0 Å². The van der Waals surface area contributed by atoms with Crippen LogP contribution in [0.25, 0.3) is 32.8 Å². The first kappa shape index (κ1) is 18.7.